The van der Waals surface area contributed by atoms with Crippen LogP contribution in [0.1, 0.15) is 39.7 Å². The number of rotatable bonds is 2. The van der Waals surface area contributed by atoms with Crippen molar-refractivity contribution in [3.05, 3.63) is 29.6 Å². The Morgan fingerprint density at radius 1 is 1.35 bits per heavy atom. The predicted octanol–water partition coefficient (Wildman–Crippen LogP) is 3.74. The zero-order chi connectivity index (χ0) is 14.9. The van der Waals surface area contributed by atoms with Gasteiger partial charge in [0.15, 0.2) is 0 Å². The van der Waals surface area contributed by atoms with Gasteiger partial charge in [-0.15, -0.1) is 0 Å². The SMILES string of the molecule is CCC1CNC(C(C)(C)C)CN1c1ccc(F)c(C)c1. The molecule has 112 valence electrons. The molecule has 2 unspecified atom stereocenters. The average Bonchev–Trinajstić information content (AvgIpc) is 2.40. The smallest absolute Gasteiger partial charge is 0.126 e. The second kappa shape index (κ2) is 5.72. The van der Waals surface area contributed by atoms with Crippen LogP contribution in [0.15, 0.2) is 18.2 Å². The Hall–Kier alpha value is -1.09. The van der Waals surface area contributed by atoms with Gasteiger partial charge in [0.1, 0.15) is 5.82 Å². The largest absolute Gasteiger partial charge is 0.366 e. The van der Waals surface area contributed by atoms with E-state index in [0.717, 1.165) is 30.8 Å². The minimum Gasteiger partial charge on any atom is -0.366 e. The van der Waals surface area contributed by atoms with Crippen molar-refractivity contribution in [2.75, 3.05) is 18.0 Å². The molecule has 2 rings (SSSR count). The lowest BCUT2D eigenvalue weighted by atomic mass is 9.84. The molecule has 20 heavy (non-hydrogen) atoms. The second-order valence-corrected chi connectivity index (χ2v) is 6.97. The van der Waals surface area contributed by atoms with Crippen molar-refractivity contribution in [2.24, 2.45) is 5.41 Å². The van der Waals surface area contributed by atoms with Gasteiger partial charge in [-0.1, -0.05) is 27.7 Å². The summed E-state index contributed by atoms with van der Waals surface area (Å²) in [5.41, 5.74) is 2.10. The molecule has 0 bridgehead atoms. The van der Waals surface area contributed by atoms with Crippen LogP contribution in [0.4, 0.5) is 10.1 Å². The van der Waals surface area contributed by atoms with Gasteiger partial charge in [-0.05, 0) is 42.5 Å². The molecule has 1 aromatic carbocycles. The van der Waals surface area contributed by atoms with Crippen LogP contribution in [-0.2, 0) is 0 Å². The highest BCUT2D eigenvalue weighted by Gasteiger charge is 2.33. The lowest BCUT2D eigenvalue weighted by Gasteiger charge is -2.46. The van der Waals surface area contributed by atoms with Gasteiger partial charge in [0.25, 0.3) is 0 Å². The molecule has 2 nitrogen and oxygen atoms in total. The molecule has 0 aliphatic carbocycles. The molecule has 1 aliphatic heterocycles. The van der Waals surface area contributed by atoms with Gasteiger partial charge in [0.2, 0.25) is 0 Å². The summed E-state index contributed by atoms with van der Waals surface area (Å²) in [7, 11) is 0. The Bertz CT molecular complexity index is 465. The molecule has 0 radical (unpaired) electrons. The summed E-state index contributed by atoms with van der Waals surface area (Å²) in [6.07, 6.45) is 1.10. The molecule has 0 saturated carbocycles. The monoisotopic (exact) mass is 278 g/mol. The highest BCUT2D eigenvalue weighted by atomic mass is 19.1. The summed E-state index contributed by atoms with van der Waals surface area (Å²) < 4.78 is 13.5. The number of hydrogen-bond donors (Lipinski definition) is 1. The first kappa shape index (κ1) is 15.3. The topological polar surface area (TPSA) is 15.3 Å². The lowest BCUT2D eigenvalue weighted by molar-refractivity contribution is 0.233. The van der Waals surface area contributed by atoms with Crippen LogP contribution >= 0.6 is 0 Å². The van der Waals surface area contributed by atoms with E-state index in [1.807, 2.05) is 19.1 Å². The molecule has 3 heteroatoms. The van der Waals surface area contributed by atoms with Gasteiger partial charge in [-0.2, -0.15) is 0 Å². The van der Waals surface area contributed by atoms with Crippen molar-refractivity contribution in [3.63, 3.8) is 0 Å². The van der Waals surface area contributed by atoms with E-state index in [0.29, 0.717) is 12.1 Å². The number of hydrogen-bond acceptors (Lipinski definition) is 2. The average molecular weight is 278 g/mol. The molecule has 1 N–H and O–H groups in total. The first-order valence-electron chi connectivity index (χ1n) is 7.59. The van der Waals surface area contributed by atoms with E-state index in [4.69, 9.17) is 0 Å². The van der Waals surface area contributed by atoms with Crippen LogP contribution in [0.2, 0.25) is 0 Å². The maximum atomic E-state index is 13.5. The molecule has 0 amide bonds. The van der Waals surface area contributed by atoms with Gasteiger partial charge < -0.3 is 10.2 Å². The minimum absolute atomic E-state index is 0.121. The first-order valence-corrected chi connectivity index (χ1v) is 7.59. The minimum atomic E-state index is -0.121. The summed E-state index contributed by atoms with van der Waals surface area (Å²) in [6.45, 7) is 12.8. The second-order valence-electron chi connectivity index (χ2n) is 6.97. The normalized spacial score (nSPS) is 24.0. The lowest BCUT2D eigenvalue weighted by Crippen LogP contribution is -2.60. The number of aryl methyl sites for hydroxylation is 1. The molecular formula is C17H27FN2. The van der Waals surface area contributed by atoms with Crippen LogP contribution in [0, 0.1) is 18.2 Å². The molecule has 1 fully saturated rings. The highest BCUT2D eigenvalue weighted by molar-refractivity contribution is 5.50. The van der Waals surface area contributed by atoms with Crippen LogP contribution in [0.3, 0.4) is 0 Å². The number of benzene rings is 1. The third-order valence-corrected chi connectivity index (χ3v) is 4.41. The molecule has 1 aromatic rings. The van der Waals surface area contributed by atoms with Gasteiger partial charge in [0.05, 0.1) is 0 Å². The van der Waals surface area contributed by atoms with Gasteiger partial charge in [-0.25, -0.2) is 4.39 Å². The third-order valence-electron chi connectivity index (χ3n) is 4.41. The number of nitrogens with zero attached hydrogens (tertiary/aromatic N) is 1. The van der Waals surface area contributed by atoms with Crippen molar-refractivity contribution in [3.8, 4) is 0 Å². The molecule has 0 aromatic heterocycles. The maximum Gasteiger partial charge on any atom is 0.126 e. The van der Waals surface area contributed by atoms with Gasteiger partial charge >= 0.3 is 0 Å². The Labute approximate surface area is 122 Å². The van der Waals surface area contributed by atoms with Crippen molar-refractivity contribution in [1.29, 1.82) is 0 Å². The van der Waals surface area contributed by atoms with Crippen molar-refractivity contribution in [2.45, 2.75) is 53.1 Å². The fourth-order valence-electron chi connectivity index (χ4n) is 2.87. The highest BCUT2D eigenvalue weighted by Crippen LogP contribution is 2.29. The molecule has 1 heterocycles. The van der Waals surface area contributed by atoms with Gasteiger partial charge in [0, 0.05) is 30.9 Å². The van der Waals surface area contributed by atoms with Crippen LogP contribution in [-0.4, -0.2) is 25.2 Å². The Balaban J connectivity index is 2.27. The molecule has 1 aliphatic rings. The standard InChI is InChI=1S/C17H27FN2/c1-6-13-10-19-16(17(3,4)5)11-20(13)14-7-8-15(18)12(2)9-14/h7-9,13,16,19H,6,10-11H2,1-5H3. The molecular weight excluding hydrogens is 251 g/mol. The fraction of sp³-hybridized carbons (Fsp3) is 0.647. The Kier molecular flexibility index (Phi) is 4.38. The van der Waals surface area contributed by atoms with Crippen molar-refractivity contribution in [1.82, 2.24) is 5.32 Å². The zero-order valence-corrected chi connectivity index (χ0v) is 13.3. The number of nitrogens with one attached hydrogen (secondary N) is 1. The van der Waals surface area contributed by atoms with Crippen molar-refractivity contribution < 1.29 is 4.39 Å². The summed E-state index contributed by atoms with van der Waals surface area (Å²) in [6, 6.07) is 6.42. The number of anilines is 1. The van der Waals surface area contributed by atoms with E-state index >= 15 is 0 Å². The zero-order valence-electron chi connectivity index (χ0n) is 13.3. The van der Waals surface area contributed by atoms with Crippen LogP contribution in [0.25, 0.3) is 0 Å². The van der Waals surface area contributed by atoms with Gasteiger partial charge in [-0.3, -0.25) is 0 Å². The van der Waals surface area contributed by atoms with E-state index in [9.17, 15) is 4.39 Å². The summed E-state index contributed by atoms with van der Waals surface area (Å²) >= 11 is 0. The first-order chi connectivity index (χ1) is 9.32. The van der Waals surface area contributed by atoms with E-state index in [1.54, 1.807) is 6.07 Å². The van der Waals surface area contributed by atoms with E-state index in [2.05, 4.69) is 37.9 Å². The summed E-state index contributed by atoms with van der Waals surface area (Å²) in [4.78, 5) is 2.44. The van der Waals surface area contributed by atoms with E-state index in [1.165, 1.54) is 0 Å². The van der Waals surface area contributed by atoms with Crippen LogP contribution in [0.5, 0.6) is 0 Å². The van der Waals surface area contributed by atoms with E-state index in [-0.39, 0.29) is 11.2 Å². The quantitative estimate of drug-likeness (QED) is 0.886. The third kappa shape index (κ3) is 3.14. The predicted molar refractivity (Wildman–Crippen MR) is 83.8 cm³/mol. The molecule has 0 spiro atoms. The molecule has 1 saturated heterocycles. The van der Waals surface area contributed by atoms with Crippen LogP contribution < -0.4 is 10.2 Å². The van der Waals surface area contributed by atoms with E-state index < -0.39 is 0 Å². The summed E-state index contributed by atoms with van der Waals surface area (Å²) in [5.74, 6) is -0.121. The Morgan fingerprint density at radius 2 is 2.05 bits per heavy atom. The Morgan fingerprint density at radius 3 is 2.60 bits per heavy atom. The maximum absolute atomic E-state index is 13.5. The number of piperazine rings is 1. The van der Waals surface area contributed by atoms with Crippen molar-refractivity contribution >= 4 is 5.69 Å². The fourth-order valence-corrected chi connectivity index (χ4v) is 2.87. The number of halogens is 1. The summed E-state index contributed by atoms with van der Waals surface area (Å²) in [5, 5.41) is 3.67. The molecule has 2 atom stereocenters.